The molecule has 0 unspecified atom stereocenters. The number of hydrogen-bond donors (Lipinski definition) is 1. The van der Waals surface area contributed by atoms with Crippen LogP contribution in [0.2, 0.25) is 0 Å². The molecule has 0 atom stereocenters. The van der Waals surface area contributed by atoms with E-state index in [1.54, 1.807) is 6.08 Å². The zero-order valence-electron chi connectivity index (χ0n) is 18.7. The summed E-state index contributed by atoms with van der Waals surface area (Å²) in [5.74, 6) is -0.885. The van der Waals surface area contributed by atoms with E-state index >= 15 is 0 Å². The van der Waals surface area contributed by atoms with Gasteiger partial charge in [-0.2, -0.15) is 0 Å². The van der Waals surface area contributed by atoms with Gasteiger partial charge in [-0.1, -0.05) is 42.5 Å². The summed E-state index contributed by atoms with van der Waals surface area (Å²) in [5.41, 5.74) is 4.71. The molecule has 0 aromatic heterocycles. The van der Waals surface area contributed by atoms with E-state index in [0.717, 1.165) is 40.6 Å². The Labute approximate surface area is 198 Å². The van der Waals surface area contributed by atoms with Crippen LogP contribution in [0.25, 0.3) is 16.8 Å². The molecule has 2 aliphatic heterocycles. The van der Waals surface area contributed by atoms with Gasteiger partial charge in [-0.25, -0.2) is 0 Å². The molecule has 0 radical (unpaired) electrons. The third-order valence-electron chi connectivity index (χ3n) is 6.39. The fourth-order valence-electron chi connectivity index (χ4n) is 4.66. The zero-order valence-corrected chi connectivity index (χ0v) is 19.5. The summed E-state index contributed by atoms with van der Waals surface area (Å²) >= 11 is 5.38. The Hall–Kier alpha value is -3.51. The van der Waals surface area contributed by atoms with Crippen LogP contribution in [-0.2, 0) is 9.59 Å². The van der Waals surface area contributed by atoms with Crippen LogP contribution in [0.3, 0.4) is 0 Å². The zero-order chi connectivity index (χ0) is 23.1. The molecule has 3 aromatic carbocycles. The van der Waals surface area contributed by atoms with Crippen molar-refractivity contribution >= 4 is 57.4 Å². The van der Waals surface area contributed by atoms with Crippen molar-refractivity contribution in [3.8, 4) is 0 Å². The van der Waals surface area contributed by atoms with Gasteiger partial charge in [-0.15, -0.1) is 0 Å². The maximum absolute atomic E-state index is 13.5. The third kappa shape index (κ3) is 3.80. The largest absolute Gasteiger partial charge is 0.371 e. The highest BCUT2D eigenvalue weighted by Gasteiger charge is 2.35. The Morgan fingerprint density at radius 3 is 2.39 bits per heavy atom. The molecule has 6 heteroatoms. The molecule has 2 fully saturated rings. The monoisotopic (exact) mass is 455 g/mol. The summed E-state index contributed by atoms with van der Waals surface area (Å²) in [6.07, 6.45) is 4.08. The van der Waals surface area contributed by atoms with E-state index in [1.807, 2.05) is 56.3 Å². The molecule has 2 heterocycles. The SMILES string of the molecule is Cc1ccc(C)c(N2C(=O)/C(=C/c3ccc(N4CCCC4)c4ccccc34)C(=O)NC2=S)c1. The maximum atomic E-state index is 13.5. The number of nitrogens with zero attached hydrogens (tertiary/aromatic N) is 2. The number of nitrogens with one attached hydrogen (secondary N) is 1. The first kappa shape index (κ1) is 21.3. The molecule has 3 aromatic rings. The number of thiocarbonyl (C=S) groups is 1. The number of amides is 2. The number of aryl methyl sites for hydroxylation is 2. The summed E-state index contributed by atoms with van der Waals surface area (Å²) < 4.78 is 0. The van der Waals surface area contributed by atoms with Crippen molar-refractivity contribution in [3.05, 3.63) is 76.9 Å². The highest BCUT2D eigenvalue weighted by Crippen LogP contribution is 2.33. The van der Waals surface area contributed by atoms with Crippen molar-refractivity contribution < 1.29 is 9.59 Å². The predicted molar refractivity (Wildman–Crippen MR) is 138 cm³/mol. The highest BCUT2D eigenvalue weighted by molar-refractivity contribution is 7.80. The summed E-state index contributed by atoms with van der Waals surface area (Å²) in [5, 5.41) is 4.94. The lowest BCUT2D eigenvalue weighted by atomic mass is 9.99. The molecule has 2 amide bonds. The number of hydrogen-bond acceptors (Lipinski definition) is 4. The minimum absolute atomic E-state index is 0.0728. The first-order valence-electron chi connectivity index (χ1n) is 11.2. The van der Waals surface area contributed by atoms with Crippen molar-refractivity contribution in [2.24, 2.45) is 0 Å². The van der Waals surface area contributed by atoms with Gasteiger partial charge in [-0.3, -0.25) is 19.8 Å². The molecule has 33 heavy (non-hydrogen) atoms. The number of fused-ring (bicyclic) bond motifs is 1. The smallest absolute Gasteiger partial charge is 0.270 e. The lowest BCUT2D eigenvalue weighted by Gasteiger charge is -2.30. The molecule has 5 rings (SSSR count). The van der Waals surface area contributed by atoms with Crippen molar-refractivity contribution in [2.75, 3.05) is 22.9 Å². The van der Waals surface area contributed by atoms with Crippen molar-refractivity contribution in [1.82, 2.24) is 5.32 Å². The standard InChI is InChI=1S/C27H25N3O2S/c1-17-9-10-18(2)24(15-17)30-26(32)22(25(31)28-27(30)33)16-19-11-12-23(29-13-5-6-14-29)21-8-4-3-7-20(19)21/h3-4,7-12,15-16H,5-6,13-14H2,1-2H3,(H,28,31,33)/b22-16+. The summed E-state index contributed by atoms with van der Waals surface area (Å²) in [6, 6.07) is 18.1. The quantitative estimate of drug-likeness (QED) is 0.347. The first-order chi connectivity index (χ1) is 15.9. The van der Waals surface area contributed by atoms with E-state index in [9.17, 15) is 9.59 Å². The van der Waals surface area contributed by atoms with E-state index in [-0.39, 0.29) is 10.7 Å². The third-order valence-corrected chi connectivity index (χ3v) is 6.67. The maximum Gasteiger partial charge on any atom is 0.270 e. The second-order valence-electron chi connectivity index (χ2n) is 8.66. The Morgan fingerprint density at radius 1 is 0.909 bits per heavy atom. The van der Waals surface area contributed by atoms with Gasteiger partial charge in [0.2, 0.25) is 0 Å². The molecule has 2 saturated heterocycles. The van der Waals surface area contributed by atoms with Gasteiger partial charge >= 0.3 is 0 Å². The summed E-state index contributed by atoms with van der Waals surface area (Å²) in [4.78, 5) is 30.2. The molecule has 1 N–H and O–H groups in total. The Bertz CT molecular complexity index is 1340. The lowest BCUT2D eigenvalue weighted by molar-refractivity contribution is -0.122. The Morgan fingerprint density at radius 2 is 1.64 bits per heavy atom. The molecule has 166 valence electrons. The molecule has 0 bridgehead atoms. The molecule has 0 saturated carbocycles. The van der Waals surface area contributed by atoms with Crippen molar-refractivity contribution in [3.63, 3.8) is 0 Å². The predicted octanol–water partition coefficient (Wildman–Crippen LogP) is 4.89. The van der Waals surface area contributed by atoms with Gasteiger partial charge in [0, 0.05) is 24.2 Å². The van der Waals surface area contributed by atoms with Crippen molar-refractivity contribution in [2.45, 2.75) is 26.7 Å². The number of anilines is 2. The van der Waals surface area contributed by atoms with Crippen molar-refractivity contribution in [1.29, 1.82) is 0 Å². The van der Waals surface area contributed by atoms with Crippen LogP contribution in [0.4, 0.5) is 11.4 Å². The first-order valence-corrected chi connectivity index (χ1v) is 11.6. The second kappa shape index (κ2) is 8.45. The van der Waals surface area contributed by atoms with E-state index < -0.39 is 11.8 Å². The van der Waals surface area contributed by atoms with Crippen LogP contribution in [-0.4, -0.2) is 30.0 Å². The van der Waals surface area contributed by atoms with Crippen LogP contribution < -0.4 is 15.1 Å². The van der Waals surface area contributed by atoms with Gasteiger partial charge in [0.1, 0.15) is 5.57 Å². The van der Waals surface area contributed by atoms with Crippen LogP contribution in [0.15, 0.2) is 60.2 Å². The van der Waals surface area contributed by atoms with Crippen LogP contribution in [0, 0.1) is 13.8 Å². The van der Waals surface area contributed by atoms with E-state index in [0.29, 0.717) is 5.69 Å². The minimum Gasteiger partial charge on any atom is -0.371 e. The second-order valence-corrected chi connectivity index (χ2v) is 9.05. The fraction of sp³-hybridized carbons (Fsp3) is 0.222. The van der Waals surface area contributed by atoms with Gasteiger partial charge in [0.15, 0.2) is 5.11 Å². The fourth-order valence-corrected chi connectivity index (χ4v) is 4.93. The average molecular weight is 456 g/mol. The molecule has 0 aliphatic carbocycles. The van der Waals surface area contributed by atoms with Gasteiger partial charge in [-0.05, 0) is 79.2 Å². The van der Waals surface area contributed by atoms with Crippen LogP contribution in [0.1, 0.15) is 29.5 Å². The molecule has 0 spiro atoms. The van der Waals surface area contributed by atoms with E-state index in [1.165, 1.54) is 23.4 Å². The molecular weight excluding hydrogens is 430 g/mol. The normalized spacial score (nSPS) is 17.9. The Balaban J connectivity index is 1.60. The molecule has 5 nitrogen and oxygen atoms in total. The number of carbonyl (C=O) groups is 2. The molecular formula is C27H25N3O2S. The molecule has 2 aliphatic rings. The number of benzene rings is 3. The summed E-state index contributed by atoms with van der Waals surface area (Å²) in [6.45, 7) is 5.99. The van der Waals surface area contributed by atoms with Crippen LogP contribution in [0.5, 0.6) is 0 Å². The van der Waals surface area contributed by atoms with E-state index in [4.69, 9.17) is 12.2 Å². The topological polar surface area (TPSA) is 52.7 Å². The number of carbonyl (C=O) groups excluding carboxylic acids is 2. The van der Waals surface area contributed by atoms with Crippen LogP contribution >= 0.6 is 12.2 Å². The average Bonchev–Trinajstić information content (AvgIpc) is 3.33. The highest BCUT2D eigenvalue weighted by atomic mass is 32.1. The number of rotatable bonds is 3. The summed E-state index contributed by atoms with van der Waals surface area (Å²) in [7, 11) is 0. The van der Waals surface area contributed by atoms with E-state index in [2.05, 4.69) is 22.3 Å². The lowest BCUT2D eigenvalue weighted by Crippen LogP contribution is -2.54. The van der Waals surface area contributed by atoms with Gasteiger partial charge < -0.3 is 4.90 Å². The van der Waals surface area contributed by atoms with Gasteiger partial charge in [0.05, 0.1) is 5.69 Å². The Kier molecular flexibility index (Phi) is 5.46. The minimum atomic E-state index is -0.473. The van der Waals surface area contributed by atoms with Gasteiger partial charge in [0.25, 0.3) is 11.8 Å².